The molecular formula is C22H21NO5S2. The summed E-state index contributed by atoms with van der Waals surface area (Å²) >= 11 is 1.52. The molecule has 0 unspecified atom stereocenters. The maximum atomic E-state index is 12.9. The van der Waals surface area contributed by atoms with Gasteiger partial charge in [-0.2, -0.15) is 4.72 Å². The Hall–Kier alpha value is -2.68. The molecule has 0 radical (unpaired) electrons. The summed E-state index contributed by atoms with van der Waals surface area (Å²) in [7, 11) is -2.65. The molecule has 2 aromatic carbocycles. The molecule has 0 spiro atoms. The third-order valence-electron chi connectivity index (χ3n) is 5.01. The molecule has 4 rings (SSSR count). The van der Waals surface area contributed by atoms with Gasteiger partial charge >= 0.3 is 5.97 Å². The van der Waals surface area contributed by atoms with Gasteiger partial charge in [0.05, 0.1) is 24.5 Å². The van der Waals surface area contributed by atoms with E-state index in [4.69, 9.17) is 9.15 Å². The van der Waals surface area contributed by atoms with Crippen molar-refractivity contribution in [3.63, 3.8) is 0 Å². The zero-order valence-electron chi connectivity index (χ0n) is 16.7. The van der Waals surface area contributed by atoms with Gasteiger partial charge in [0.25, 0.3) is 0 Å². The number of thiophene rings is 1. The number of furan rings is 1. The molecule has 156 valence electrons. The Bertz CT molecular complexity index is 1320. The first-order valence-electron chi connectivity index (χ1n) is 9.39. The molecule has 8 heteroatoms. The lowest BCUT2D eigenvalue weighted by molar-refractivity contribution is -0.143. The molecule has 0 aliphatic carbocycles. The SMILES string of the molecule is COC(=O)[C@@H](NS(=O)(=O)c1ccc2c(c1)sc1cc(-c3ccoc3)ccc12)C(C)C. The molecule has 6 nitrogen and oxygen atoms in total. The minimum atomic E-state index is -3.89. The second kappa shape index (κ2) is 7.86. The van der Waals surface area contributed by atoms with E-state index in [1.807, 2.05) is 24.3 Å². The molecule has 0 aliphatic heterocycles. The van der Waals surface area contributed by atoms with Gasteiger partial charge in [-0.1, -0.05) is 32.0 Å². The number of sulfonamides is 1. The molecule has 2 aromatic heterocycles. The van der Waals surface area contributed by atoms with Crippen LogP contribution in [-0.4, -0.2) is 27.5 Å². The Labute approximate surface area is 178 Å². The quantitative estimate of drug-likeness (QED) is 0.433. The van der Waals surface area contributed by atoms with Gasteiger partial charge in [0.1, 0.15) is 6.04 Å². The minimum Gasteiger partial charge on any atom is -0.472 e. The van der Waals surface area contributed by atoms with E-state index in [9.17, 15) is 13.2 Å². The molecule has 2 heterocycles. The van der Waals surface area contributed by atoms with Crippen molar-refractivity contribution in [2.45, 2.75) is 24.8 Å². The van der Waals surface area contributed by atoms with Crippen molar-refractivity contribution >= 4 is 47.5 Å². The number of nitrogens with one attached hydrogen (secondary N) is 1. The summed E-state index contributed by atoms with van der Waals surface area (Å²) in [5, 5.41) is 2.05. The maximum absolute atomic E-state index is 12.9. The summed E-state index contributed by atoms with van der Waals surface area (Å²) in [5.74, 6) is -0.857. The van der Waals surface area contributed by atoms with Crippen LogP contribution < -0.4 is 4.72 Å². The highest BCUT2D eigenvalue weighted by atomic mass is 32.2. The first-order chi connectivity index (χ1) is 14.3. The van der Waals surface area contributed by atoms with Gasteiger partial charge in [0.15, 0.2) is 0 Å². The van der Waals surface area contributed by atoms with E-state index in [2.05, 4.69) is 10.8 Å². The zero-order valence-corrected chi connectivity index (χ0v) is 18.3. The molecule has 0 fully saturated rings. The van der Waals surface area contributed by atoms with Crippen molar-refractivity contribution in [2.24, 2.45) is 5.92 Å². The van der Waals surface area contributed by atoms with E-state index in [0.29, 0.717) is 0 Å². The van der Waals surface area contributed by atoms with Crippen molar-refractivity contribution < 1.29 is 22.4 Å². The maximum Gasteiger partial charge on any atom is 0.324 e. The fraction of sp³-hybridized carbons (Fsp3) is 0.227. The van der Waals surface area contributed by atoms with Crippen LogP contribution in [0.2, 0.25) is 0 Å². The van der Waals surface area contributed by atoms with Crippen LogP contribution in [0.25, 0.3) is 31.3 Å². The molecule has 0 saturated heterocycles. The molecule has 30 heavy (non-hydrogen) atoms. The van der Waals surface area contributed by atoms with E-state index in [-0.39, 0.29) is 10.8 Å². The average Bonchev–Trinajstić information content (AvgIpc) is 3.38. The summed E-state index contributed by atoms with van der Waals surface area (Å²) in [6.45, 7) is 3.52. The van der Waals surface area contributed by atoms with Crippen LogP contribution in [0.1, 0.15) is 13.8 Å². The van der Waals surface area contributed by atoms with Crippen LogP contribution in [0.5, 0.6) is 0 Å². The number of rotatable bonds is 6. The van der Waals surface area contributed by atoms with Crippen molar-refractivity contribution in [1.29, 1.82) is 0 Å². The van der Waals surface area contributed by atoms with Gasteiger partial charge in [0, 0.05) is 25.7 Å². The van der Waals surface area contributed by atoms with Crippen molar-refractivity contribution in [2.75, 3.05) is 7.11 Å². The molecule has 1 atom stereocenters. The molecule has 0 aliphatic rings. The van der Waals surface area contributed by atoms with Crippen molar-refractivity contribution in [3.05, 3.63) is 55.0 Å². The Morgan fingerprint density at radius 1 is 1.03 bits per heavy atom. The highest BCUT2D eigenvalue weighted by Crippen LogP contribution is 2.37. The number of carbonyl (C=O) groups excluding carboxylic acids is 1. The predicted octanol–water partition coefficient (Wildman–Crippen LogP) is 4.79. The van der Waals surface area contributed by atoms with E-state index >= 15 is 0 Å². The third kappa shape index (κ3) is 3.74. The van der Waals surface area contributed by atoms with Gasteiger partial charge in [-0.15, -0.1) is 11.3 Å². The van der Waals surface area contributed by atoms with Gasteiger partial charge < -0.3 is 9.15 Å². The fourth-order valence-corrected chi connectivity index (χ4v) is 5.97. The number of hydrogen-bond acceptors (Lipinski definition) is 6. The highest BCUT2D eigenvalue weighted by molar-refractivity contribution is 7.89. The van der Waals surface area contributed by atoms with Crippen molar-refractivity contribution in [3.8, 4) is 11.1 Å². The summed E-state index contributed by atoms with van der Waals surface area (Å²) < 4.78 is 40.1. The number of ether oxygens (including phenoxy) is 1. The number of methoxy groups -OCH3 is 1. The van der Waals surface area contributed by atoms with Gasteiger partial charge in [0.2, 0.25) is 10.0 Å². The summed E-state index contributed by atoms with van der Waals surface area (Å²) in [6.07, 6.45) is 3.32. The minimum absolute atomic E-state index is 0.117. The molecule has 4 aromatic rings. The van der Waals surface area contributed by atoms with Gasteiger partial charge in [-0.3, -0.25) is 4.79 Å². The lowest BCUT2D eigenvalue weighted by atomic mass is 10.1. The van der Waals surface area contributed by atoms with E-state index < -0.39 is 22.0 Å². The molecule has 0 bridgehead atoms. The lowest BCUT2D eigenvalue weighted by Gasteiger charge is -2.19. The first kappa shape index (κ1) is 20.6. The first-order valence-corrected chi connectivity index (χ1v) is 11.7. The number of hydrogen-bond donors (Lipinski definition) is 1. The normalized spacial score (nSPS) is 13.2. The van der Waals surface area contributed by atoms with Crippen LogP contribution >= 0.6 is 11.3 Å². The second-order valence-electron chi connectivity index (χ2n) is 7.35. The standard InChI is InChI=1S/C22H21NO5S2/c1-13(2)21(22(24)27-3)23-30(25,26)16-5-7-18-17-6-4-14(15-8-9-28-12-15)10-19(17)29-20(18)11-16/h4-13,21,23H,1-3H3/t21-/m0/s1. The smallest absolute Gasteiger partial charge is 0.324 e. The summed E-state index contributed by atoms with van der Waals surface area (Å²) in [5.41, 5.74) is 2.03. The molecular weight excluding hydrogens is 422 g/mol. The second-order valence-corrected chi connectivity index (χ2v) is 10.1. The van der Waals surface area contributed by atoms with Crippen LogP contribution in [0, 0.1) is 5.92 Å². The largest absolute Gasteiger partial charge is 0.472 e. The number of esters is 1. The Kier molecular flexibility index (Phi) is 5.40. The third-order valence-corrected chi connectivity index (χ3v) is 7.57. The molecule has 0 saturated carbocycles. The lowest BCUT2D eigenvalue weighted by Crippen LogP contribution is -2.44. The van der Waals surface area contributed by atoms with E-state index in [1.165, 1.54) is 18.4 Å². The summed E-state index contributed by atoms with van der Waals surface area (Å²) in [6, 6.07) is 12.1. The summed E-state index contributed by atoms with van der Waals surface area (Å²) in [4.78, 5) is 12.1. The monoisotopic (exact) mass is 443 g/mol. The predicted molar refractivity (Wildman–Crippen MR) is 118 cm³/mol. The number of fused-ring (bicyclic) bond motifs is 3. The average molecular weight is 444 g/mol. The topological polar surface area (TPSA) is 85.6 Å². The zero-order chi connectivity index (χ0) is 21.5. The fourth-order valence-electron chi connectivity index (χ4n) is 3.35. The van der Waals surface area contributed by atoms with Crippen LogP contribution in [-0.2, 0) is 19.6 Å². The molecule has 0 amide bonds. The van der Waals surface area contributed by atoms with Crippen LogP contribution in [0.15, 0.2) is 64.3 Å². The van der Waals surface area contributed by atoms with Crippen molar-refractivity contribution in [1.82, 2.24) is 4.72 Å². The van der Waals surface area contributed by atoms with E-state index in [0.717, 1.165) is 31.3 Å². The number of carbonyl (C=O) groups is 1. The Balaban J connectivity index is 1.73. The van der Waals surface area contributed by atoms with Gasteiger partial charge in [-0.05, 0) is 35.7 Å². The van der Waals surface area contributed by atoms with Gasteiger partial charge in [-0.25, -0.2) is 8.42 Å². The Morgan fingerprint density at radius 2 is 1.73 bits per heavy atom. The highest BCUT2D eigenvalue weighted by Gasteiger charge is 2.29. The van der Waals surface area contributed by atoms with Crippen LogP contribution in [0.4, 0.5) is 0 Å². The molecule has 1 N–H and O–H groups in total. The number of benzene rings is 2. The van der Waals surface area contributed by atoms with Crippen LogP contribution in [0.3, 0.4) is 0 Å². The van der Waals surface area contributed by atoms with E-state index in [1.54, 1.807) is 38.5 Å². The Morgan fingerprint density at radius 3 is 2.37 bits per heavy atom.